The summed E-state index contributed by atoms with van der Waals surface area (Å²) in [6.07, 6.45) is 0.146. The summed E-state index contributed by atoms with van der Waals surface area (Å²) in [7, 11) is 0. The van der Waals surface area contributed by atoms with Crippen molar-refractivity contribution in [2.24, 2.45) is 0 Å². The number of carbonyl (C=O) groups is 1. The molecule has 0 atom stereocenters. The van der Waals surface area contributed by atoms with E-state index < -0.39 is 0 Å². The van der Waals surface area contributed by atoms with Gasteiger partial charge in [-0.2, -0.15) is 5.26 Å². The smallest absolute Gasteiger partial charge is 0.230 e. The molecule has 1 aromatic heterocycles. The van der Waals surface area contributed by atoms with Crippen molar-refractivity contribution in [1.82, 2.24) is 4.98 Å². The first-order valence-electron chi connectivity index (χ1n) is 5.18. The van der Waals surface area contributed by atoms with Gasteiger partial charge in [-0.05, 0) is 12.1 Å². The number of nitrogens with zero attached hydrogens (tertiary/aromatic N) is 2. The fourth-order valence-corrected chi connectivity index (χ4v) is 2.02. The van der Waals surface area contributed by atoms with E-state index in [1.54, 1.807) is 29.6 Å². The predicted octanol–water partition coefficient (Wildman–Crippen LogP) is 1.78. The van der Waals surface area contributed by atoms with Gasteiger partial charge in [-0.25, -0.2) is 4.98 Å². The third-order valence-electron chi connectivity index (χ3n) is 2.23. The van der Waals surface area contributed by atoms with Gasteiger partial charge in [0.05, 0.1) is 23.4 Å². The number of rotatable bonds is 3. The largest absolute Gasteiger partial charge is 0.375 e. The van der Waals surface area contributed by atoms with Gasteiger partial charge in [0, 0.05) is 5.38 Å². The Morgan fingerprint density at radius 1 is 1.50 bits per heavy atom. The lowest BCUT2D eigenvalue weighted by Gasteiger charge is -2.05. The number of benzene rings is 1. The van der Waals surface area contributed by atoms with Crippen molar-refractivity contribution in [3.8, 4) is 6.07 Å². The molecule has 1 aromatic carbocycles. The van der Waals surface area contributed by atoms with Crippen LogP contribution in [0.25, 0.3) is 0 Å². The Hall–Kier alpha value is -2.39. The quantitative estimate of drug-likeness (QED) is 0.877. The van der Waals surface area contributed by atoms with Gasteiger partial charge in [0.1, 0.15) is 6.07 Å². The molecule has 0 fully saturated rings. The molecule has 0 aliphatic carbocycles. The third kappa shape index (κ3) is 2.84. The Bertz CT molecular complexity index is 615. The first-order valence-corrected chi connectivity index (χ1v) is 6.06. The van der Waals surface area contributed by atoms with Crippen LogP contribution in [-0.4, -0.2) is 10.9 Å². The molecular formula is C12H10N4OS. The number of amides is 1. The number of hydrogen-bond acceptors (Lipinski definition) is 5. The number of nitriles is 1. The first kappa shape index (κ1) is 12.1. The second kappa shape index (κ2) is 5.29. The van der Waals surface area contributed by atoms with Gasteiger partial charge in [-0.15, -0.1) is 11.3 Å². The molecule has 0 aliphatic heterocycles. The number of para-hydroxylation sites is 1. The molecule has 0 saturated carbocycles. The molecule has 18 heavy (non-hydrogen) atoms. The van der Waals surface area contributed by atoms with Crippen molar-refractivity contribution in [3.63, 3.8) is 0 Å². The zero-order chi connectivity index (χ0) is 13.0. The lowest BCUT2D eigenvalue weighted by Crippen LogP contribution is -2.15. The molecule has 2 rings (SSSR count). The van der Waals surface area contributed by atoms with E-state index in [2.05, 4.69) is 10.3 Å². The highest BCUT2D eigenvalue weighted by Crippen LogP contribution is 2.15. The molecule has 0 aliphatic rings. The van der Waals surface area contributed by atoms with E-state index in [0.717, 1.165) is 0 Å². The van der Waals surface area contributed by atoms with Gasteiger partial charge >= 0.3 is 0 Å². The molecule has 1 heterocycles. The van der Waals surface area contributed by atoms with E-state index in [0.29, 0.717) is 22.1 Å². The minimum atomic E-state index is -0.219. The summed E-state index contributed by atoms with van der Waals surface area (Å²) in [5.41, 5.74) is 7.06. The van der Waals surface area contributed by atoms with E-state index in [4.69, 9.17) is 11.0 Å². The molecule has 2 aromatic rings. The monoisotopic (exact) mass is 258 g/mol. The minimum absolute atomic E-state index is 0.146. The fourth-order valence-electron chi connectivity index (χ4n) is 1.45. The highest BCUT2D eigenvalue weighted by atomic mass is 32.1. The van der Waals surface area contributed by atoms with Crippen LogP contribution in [0.2, 0.25) is 0 Å². The van der Waals surface area contributed by atoms with Crippen molar-refractivity contribution >= 4 is 28.1 Å². The second-order valence-corrected chi connectivity index (χ2v) is 4.45. The van der Waals surface area contributed by atoms with Crippen molar-refractivity contribution in [2.75, 3.05) is 11.1 Å². The maximum atomic E-state index is 11.8. The van der Waals surface area contributed by atoms with E-state index in [9.17, 15) is 4.79 Å². The van der Waals surface area contributed by atoms with Gasteiger partial charge in [0.2, 0.25) is 5.91 Å². The predicted molar refractivity (Wildman–Crippen MR) is 70.0 cm³/mol. The summed E-state index contributed by atoms with van der Waals surface area (Å²) >= 11 is 1.29. The van der Waals surface area contributed by atoms with Crippen LogP contribution in [0.15, 0.2) is 29.6 Å². The molecule has 1 amide bonds. The summed E-state index contributed by atoms with van der Waals surface area (Å²) in [4.78, 5) is 15.8. The number of thiazole rings is 1. The summed E-state index contributed by atoms with van der Waals surface area (Å²) in [5, 5.41) is 13.8. The molecule has 0 radical (unpaired) electrons. The van der Waals surface area contributed by atoms with Gasteiger partial charge in [0.25, 0.3) is 0 Å². The Labute approximate surface area is 108 Å². The number of nitrogens with one attached hydrogen (secondary N) is 1. The van der Waals surface area contributed by atoms with Crippen LogP contribution in [0.5, 0.6) is 0 Å². The number of nitrogen functional groups attached to an aromatic ring is 1. The third-order valence-corrected chi connectivity index (χ3v) is 2.96. The highest BCUT2D eigenvalue weighted by Gasteiger charge is 2.09. The Morgan fingerprint density at radius 2 is 2.28 bits per heavy atom. The standard InChI is InChI=1S/C12H10N4OS/c13-6-8-3-1-2-4-10(8)16-11(17)5-9-7-18-12(14)15-9/h1-4,7H,5H2,(H2,14,15)(H,16,17). The van der Waals surface area contributed by atoms with E-state index >= 15 is 0 Å². The van der Waals surface area contributed by atoms with Crippen molar-refractivity contribution in [3.05, 3.63) is 40.9 Å². The zero-order valence-electron chi connectivity index (χ0n) is 9.38. The van der Waals surface area contributed by atoms with Gasteiger partial charge < -0.3 is 11.1 Å². The molecule has 0 saturated heterocycles. The van der Waals surface area contributed by atoms with Gasteiger partial charge in [0.15, 0.2) is 5.13 Å². The molecule has 6 heteroatoms. The Balaban J connectivity index is 2.06. The number of nitrogens with two attached hydrogens (primary N) is 1. The van der Waals surface area contributed by atoms with Gasteiger partial charge in [-0.3, -0.25) is 4.79 Å². The first-order chi connectivity index (χ1) is 8.69. The Kier molecular flexibility index (Phi) is 3.55. The number of anilines is 2. The summed E-state index contributed by atoms with van der Waals surface area (Å²) in [5.74, 6) is -0.219. The molecule has 0 unspecified atom stereocenters. The average Bonchev–Trinajstić information content (AvgIpc) is 2.75. The van der Waals surface area contributed by atoms with E-state index in [1.165, 1.54) is 11.3 Å². The van der Waals surface area contributed by atoms with Crippen LogP contribution < -0.4 is 11.1 Å². The van der Waals surface area contributed by atoms with Crippen molar-refractivity contribution in [1.29, 1.82) is 5.26 Å². The molecular weight excluding hydrogens is 248 g/mol. The number of aromatic nitrogens is 1. The zero-order valence-corrected chi connectivity index (χ0v) is 10.2. The van der Waals surface area contributed by atoms with Crippen LogP contribution >= 0.6 is 11.3 Å². The SMILES string of the molecule is N#Cc1ccccc1NC(=O)Cc1csc(N)n1. The van der Waals surface area contributed by atoms with Crippen LogP contribution in [0.3, 0.4) is 0 Å². The molecule has 5 nitrogen and oxygen atoms in total. The lowest BCUT2D eigenvalue weighted by molar-refractivity contribution is -0.115. The second-order valence-electron chi connectivity index (χ2n) is 3.56. The minimum Gasteiger partial charge on any atom is -0.375 e. The van der Waals surface area contributed by atoms with Crippen LogP contribution in [0, 0.1) is 11.3 Å². The maximum Gasteiger partial charge on any atom is 0.230 e. The molecule has 0 spiro atoms. The average molecular weight is 258 g/mol. The highest BCUT2D eigenvalue weighted by molar-refractivity contribution is 7.13. The van der Waals surface area contributed by atoms with Crippen molar-refractivity contribution in [2.45, 2.75) is 6.42 Å². The Morgan fingerprint density at radius 3 is 2.94 bits per heavy atom. The van der Waals surface area contributed by atoms with E-state index in [1.807, 2.05) is 6.07 Å². The number of hydrogen-bond donors (Lipinski definition) is 2. The van der Waals surface area contributed by atoms with Crippen LogP contribution in [-0.2, 0) is 11.2 Å². The molecule has 3 N–H and O–H groups in total. The lowest BCUT2D eigenvalue weighted by atomic mass is 10.2. The summed E-state index contributed by atoms with van der Waals surface area (Å²) < 4.78 is 0. The normalized spacial score (nSPS) is 9.72. The molecule has 0 bridgehead atoms. The topological polar surface area (TPSA) is 91.8 Å². The van der Waals surface area contributed by atoms with Crippen molar-refractivity contribution < 1.29 is 4.79 Å². The molecule has 90 valence electrons. The van der Waals surface area contributed by atoms with E-state index in [-0.39, 0.29) is 12.3 Å². The number of carbonyl (C=O) groups excluding carboxylic acids is 1. The maximum absolute atomic E-state index is 11.8. The summed E-state index contributed by atoms with van der Waals surface area (Å²) in [6, 6.07) is 8.86. The van der Waals surface area contributed by atoms with Gasteiger partial charge in [-0.1, -0.05) is 12.1 Å². The van der Waals surface area contributed by atoms with Crippen LogP contribution in [0.4, 0.5) is 10.8 Å². The van der Waals surface area contributed by atoms with Crippen LogP contribution in [0.1, 0.15) is 11.3 Å². The fraction of sp³-hybridized carbons (Fsp3) is 0.0833. The summed E-state index contributed by atoms with van der Waals surface area (Å²) in [6.45, 7) is 0.